The quantitative estimate of drug-likeness (QED) is 0.813. The van der Waals surface area contributed by atoms with Crippen LogP contribution in [0.4, 0.5) is 14.5 Å². The minimum atomic E-state index is -0.774. The van der Waals surface area contributed by atoms with Crippen LogP contribution in [0.5, 0.6) is 0 Å². The van der Waals surface area contributed by atoms with Gasteiger partial charge in [-0.2, -0.15) is 5.10 Å². The molecule has 1 aromatic carbocycles. The van der Waals surface area contributed by atoms with Crippen LogP contribution in [0.25, 0.3) is 11.4 Å². The van der Waals surface area contributed by atoms with Gasteiger partial charge in [-0.3, -0.25) is 0 Å². The number of hydrogen-bond acceptors (Lipinski definition) is 3. The van der Waals surface area contributed by atoms with Crippen molar-refractivity contribution in [3.05, 3.63) is 29.6 Å². The van der Waals surface area contributed by atoms with E-state index < -0.39 is 11.6 Å². The molecule has 0 aliphatic rings. The summed E-state index contributed by atoms with van der Waals surface area (Å²) in [7, 11) is 1.65. The van der Waals surface area contributed by atoms with Crippen molar-refractivity contribution in [2.75, 3.05) is 5.73 Å². The third kappa shape index (κ3) is 1.98. The lowest BCUT2D eigenvalue weighted by molar-refractivity contribution is 0.586. The molecule has 6 heteroatoms. The van der Waals surface area contributed by atoms with E-state index in [0.717, 1.165) is 6.07 Å². The van der Waals surface area contributed by atoms with E-state index in [1.807, 2.05) is 6.92 Å². The average Bonchev–Trinajstić information content (AvgIpc) is 2.65. The standard InChI is InChI=1S/C11H12F2N4/c1-3-10-15-11(17(2)16-10)6-4-9(14)8(13)5-7(6)12/h4-5H,3,14H2,1-2H3. The molecule has 0 spiro atoms. The Hall–Kier alpha value is -1.98. The van der Waals surface area contributed by atoms with Crippen LogP contribution < -0.4 is 5.73 Å². The molecule has 0 radical (unpaired) electrons. The van der Waals surface area contributed by atoms with Crippen LogP contribution in [-0.4, -0.2) is 14.8 Å². The molecule has 4 nitrogen and oxygen atoms in total. The van der Waals surface area contributed by atoms with E-state index in [1.165, 1.54) is 10.7 Å². The van der Waals surface area contributed by atoms with Crippen LogP contribution in [-0.2, 0) is 13.5 Å². The molecule has 2 N–H and O–H groups in total. The van der Waals surface area contributed by atoms with Crippen LogP contribution >= 0.6 is 0 Å². The Balaban J connectivity index is 2.59. The second-order valence-corrected chi connectivity index (χ2v) is 3.68. The molecular weight excluding hydrogens is 226 g/mol. The van der Waals surface area contributed by atoms with Gasteiger partial charge >= 0.3 is 0 Å². The maximum absolute atomic E-state index is 13.6. The van der Waals surface area contributed by atoms with Crippen LogP contribution in [0, 0.1) is 11.6 Å². The number of nitrogens with two attached hydrogens (primary N) is 1. The zero-order valence-corrected chi connectivity index (χ0v) is 9.54. The number of hydrogen-bond donors (Lipinski definition) is 1. The second kappa shape index (κ2) is 4.12. The van der Waals surface area contributed by atoms with Crippen molar-refractivity contribution >= 4 is 5.69 Å². The topological polar surface area (TPSA) is 56.7 Å². The summed E-state index contributed by atoms with van der Waals surface area (Å²) in [5.74, 6) is -0.533. The molecule has 0 unspecified atom stereocenters. The number of halogens is 2. The Bertz CT molecular complexity index is 563. The summed E-state index contributed by atoms with van der Waals surface area (Å²) in [6.45, 7) is 1.90. The van der Waals surface area contributed by atoms with E-state index >= 15 is 0 Å². The van der Waals surface area contributed by atoms with Crippen molar-refractivity contribution in [2.45, 2.75) is 13.3 Å². The normalized spacial score (nSPS) is 10.8. The average molecular weight is 238 g/mol. The first-order valence-electron chi connectivity index (χ1n) is 5.17. The lowest BCUT2D eigenvalue weighted by atomic mass is 10.1. The maximum Gasteiger partial charge on any atom is 0.161 e. The van der Waals surface area contributed by atoms with Crippen molar-refractivity contribution in [1.82, 2.24) is 14.8 Å². The summed E-state index contributed by atoms with van der Waals surface area (Å²) in [5, 5.41) is 4.10. The fourth-order valence-corrected chi connectivity index (χ4v) is 1.56. The van der Waals surface area contributed by atoms with Crippen molar-refractivity contribution in [3.63, 3.8) is 0 Å². The summed E-state index contributed by atoms with van der Waals surface area (Å²) in [5.41, 5.74) is 5.46. The van der Waals surface area contributed by atoms with Gasteiger partial charge in [0, 0.05) is 19.5 Å². The summed E-state index contributed by atoms with van der Waals surface area (Å²) in [6, 6.07) is 1.99. The van der Waals surface area contributed by atoms with E-state index in [0.29, 0.717) is 18.1 Å². The lowest BCUT2D eigenvalue weighted by Gasteiger charge is -2.04. The molecule has 0 fully saturated rings. The molecule has 0 aliphatic carbocycles. The summed E-state index contributed by atoms with van der Waals surface area (Å²) in [6.07, 6.45) is 0.645. The fourth-order valence-electron chi connectivity index (χ4n) is 1.56. The highest BCUT2D eigenvalue weighted by Gasteiger charge is 2.15. The van der Waals surface area contributed by atoms with E-state index in [-0.39, 0.29) is 11.3 Å². The van der Waals surface area contributed by atoms with Gasteiger partial charge < -0.3 is 5.73 Å². The first kappa shape index (κ1) is 11.5. The molecule has 0 aliphatic heterocycles. The summed E-state index contributed by atoms with van der Waals surface area (Å²) >= 11 is 0. The molecular formula is C11H12F2N4. The highest BCUT2D eigenvalue weighted by Crippen LogP contribution is 2.25. The third-order valence-corrected chi connectivity index (χ3v) is 2.45. The Kier molecular flexibility index (Phi) is 2.79. The molecule has 1 aromatic heterocycles. The van der Waals surface area contributed by atoms with Crippen LogP contribution in [0.2, 0.25) is 0 Å². The number of aromatic nitrogens is 3. The number of rotatable bonds is 2. The van der Waals surface area contributed by atoms with E-state index in [1.54, 1.807) is 7.05 Å². The van der Waals surface area contributed by atoms with Gasteiger partial charge in [0.2, 0.25) is 0 Å². The molecule has 0 saturated carbocycles. The summed E-state index contributed by atoms with van der Waals surface area (Å²) < 4.78 is 28.1. The Labute approximate surface area is 97.1 Å². The van der Waals surface area contributed by atoms with Crippen LogP contribution in [0.3, 0.4) is 0 Å². The number of nitrogens with zero attached hydrogens (tertiary/aromatic N) is 3. The minimum absolute atomic E-state index is 0.109. The molecule has 2 aromatic rings. The van der Waals surface area contributed by atoms with Crippen LogP contribution in [0.1, 0.15) is 12.7 Å². The zero-order valence-electron chi connectivity index (χ0n) is 9.54. The van der Waals surface area contributed by atoms with Crippen molar-refractivity contribution in [2.24, 2.45) is 7.05 Å². The number of anilines is 1. The molecule has 17 heavy (non-hydrogen) atoms. The van der Waals surface area contributed by atoms with Crippen molar-refractivity contribution < 1.29 is 8.78 Å². The molecule has 2 rings (SSSR count). The molecule has 0 amide bonds. The van der Waals surface area contributed by atoms with Gasteiger partial charge in [0.05, 0.1) is 11.3 Å². The van der Waals surface area contributed by atoms with Crippen molar-refractivity contribution in [3.8, 4) is 11.4 Å². The van der Waals surface area contributed by atoms with Gasteiger partial charge in [-0.1, -0.05) is 6.92 Å². The minimum Gasteiger partial charge on any atom is -0.396 e. The van der Waals surface area contributed by atoms with Gasteiger partial charge in [-0.15, -0.1) is 0 Å². The fraction of sp³-hybridized carbons (Fsp3) is 0.273. The van der Waals surface area contributed by atoms with Crippen LogP contribution in [0.15, 0.2) is 12.1 Å². The highest BCUT2D eigenvalue weighted by molar-refractivity contribution is 5.62. The lowest BCUT2D eigenvalue weighted by Crippen LogP contribution is -1.99. The number of nitrogen functional groups attached to an aromatic ring is 1. The van der Waals surface area contributed by atoms with Gasteiger partial charge in [-0.05, 0) is 6.07 Å². The molecule has 1 heterocycles. The van der Waals surface area contributed by atoms with Gasteiger partial charge in [0.1, 0.15) is 11.6 Å². The molecule has 0 atom stereocenters. The Morgan fingerprint density at radius 1 is 1.29 bits per heavy atom. The van der Waals surface area contributed by atoms with Gasteiger partial charge in [0.25, 0.3) is 0 Å². The molecule has 90 valence electrons. The molecule has 0 bridgehead atoms. The number of benzene rings is 1. The third-order valence-electron chi connectivity index (χ3n) is 2.45. The second-order valence-electron chi connectivity index (χ2n) is 3.68. The predicted molar refractivity (Wildman–Crippen MR) is 60.1 cm³/mol. The first-order chi connectivity index (χ1) is 8.02. The SMILES string of the molecule is CCc1nc(-c2cc(N)c(F)cc2F)n(C)n1. The Morgan fingerprint density at radius 2 is 2.00 bits per heavy atom. The maximum atomic E-state index is 13.6. The van der Waals surface area contributed by atoms with Gasteiger partial charge in [0.15, 0.2) is 11.6 Å². The van der Waals surface area contributed by atoms with E-state index in [9.17, 15) is 8.78 Å². The first-order valence-corrected chi connectivity index (χ1v) is 5.17. The van der Waals surface area contributed by atoms with E-state index in [4.69, 9.17) is 5.73 Å². The van der Waals surface area contributed by atoms with Gasteiger partial charge in [-0.25, -0.2) is 18.4 Å². The molecule has 0 saturated heterocycles. The smallest absolute Gasteiger partial charge is 0.161 e. The predicted octanol–water partition coefficient (Wildman–Crippen LogP) is 1.90. The Morgan fingerprint density at radius 3 is 2.59 bits per heavy atom. The zero-order chi connectivity index (χ0) is 12.6. The summed E-state index contributed by atoms with van der Waals surface area (Å²) in [4.78, 5) is 4.16. The van der Waals surface area contributed by atoms with Crippen molar-refractivity contribution in [1.29, 1.82) is 0 Å². The monoisotopic (exact) mass is 238 g/mol. The number of aryl methyl sites for hydroxylation is 2. The largest absolute Gasteiger partial charge is 0.396 e. The van der Waals surface area contributed by atoms with E-state index in [2.05, 4.69) is 10.1 Å². The highest BCUT2D eigenvalue weighted by atomic mass is 19.1.